The summed E-state index contributed by atoms with van der Waals surface area (Å²) in [7, 11) is -3.39. The minimum atomic E-state index is -3.39. The minimum absolute atomic E-state index is 0. The van der Waals surface area contributed by atoms with Crippen LogP contribution in [0.4, 0.5) is 0 Å². The quantitative estimate of drug-likeness (QED) is 0.908. The van der Waals surface area contributed by atoms with Crippen LogP contribution in [-0.2, 0) is 10.0 Å². The summed E-state index contributed by atoms with van der Waals surface area (Å²) in [4.78, 5) is 0.400. The summed E-state index contributed by atoms with van der Waals surface area (Å²) < 4.78 is 27.0. The van der Waals surface area contributed by atoms with E-state index in [1.165, 1.54) is 0 Å². The van der Waals surface area contributed by atoms with Crippen molar-refractivity contribution in [3.8, 4) is 0 Å². The zero-order valence-corrected chi connectivity index (χ0v) is 14.0. The molecule has 1 aromatic carbocycles. The average Bonchev–Trinajstić information content (AvgIpc) is 2.35. The molecule has 4 nitrogen and oxygen atoms in total. The Morgan fingerprint density at radius 1 is 1.20 bits per heavy atom. The molecule has 1 N–H and O–H groups in total. The van der Waals surface area contributed by atoms with Gasteiger partial charge in [-0.05, 0) is 51.0 Å². The lowest BCUT2D eigenvalue weighted by Crippen LogP contribution is -2.57. The predicted molar refractivity (Wildman–Crippen MR) is 84.0 cm³/mol. The number of halogens is 1. The number of rotatable bonds is 2. The molecule has 1 aromatic rings. The fourth-order valence-electron chi connectivity index (χ4n) is 2.37. The SMILES string of the molecule is Cc1ccc(S(=O)(=O)N2CCNC(C)C2C)cc1C.Cl. The van der Waals surface area contributed by atoms with Crippen LogP contribution in [0.15, 0.2) is 23.1 Å². The summed E-state index contributed by atoms with van der Waals surface area (Å²) in [5, 5.41) is 3.30. The van der Waals surface area contributed by atoms with Crippen LogP contribution in [-0.4, -0.2) is 37.9 Å². The monoisotopic (exact) mass is 318 g/mol. The van der Waals surface area contributed by atoms with Gasteiger partial charge in [0.1, 0.15) is 0 Å². The topological polar surface area (TPSA) is 49.4 Å². The second kappa shape index (κ2) is 6.43. The highest BCUT2D eigenvalue weighted by Crippen LogP contribution is 2.23. The Bertz CT molecular complexity index is 575. The predicted octanol–water partition coefficient (Wildman–Crippen LogP) is 2.10. The Labute approximate surface area is 128 Å². The van der Waals surface area contributed by atoms with Crippen LogP contribution < -0.4 is 5.32 Å². The van der Waals surface area contributed by atoms with Crippen LogP contribution in [0.1, 0.15) is 25.0 Å². The van der Waals surface area contributed by atoms with E-state index in [0.29, 0.717) is 18.0 Å². The lowest BCUT2D eigenvalue weighted by molar-refractivity contribution is 0.233. The van der Waals surface area contributed by atoms with E-state index in [-0.39, 0.29) is 24.5 Å². The molecule has 2 atom stereocenters. The first-order valence-corrected chi connectivity index (χ1v) is 8.10. The largest absolute Gasteiger partial charge is 0.311 e. The molecular formula is C14H23ClN2O2S. The molecule has 0 radical (unpaired) electrons. The van der Waals surface area contributed by atoms with Gasteiger partial charge in [-0.15, -0.1) is 12.4 Å². The molecule has 0 amide bonds. The van der Waals surface area contributed by atoms with Gasteiger partial charge in [0.05, 0.1) is 4.90 Å². The summed E-state index contributed by atoms with van der Waals surface area (Å²) in [5.74, 6) is 0. The van der Waals surface area contributed by atoms with Crippen molar-refractivity contribution < 1.29 is 8.42 Å². The van der Waals surface area contributed by atoms with Crippen LogP contribution in [0.2, 0.25) is 0 Å². The van der Waals surface area contributed by atoms with E-state index in [1.54, 1.807) is 16.4 Å². The molecule has 0 bridgehead atoms. The van der Waals surface area contributed by atoms with Crippen LogP contribution >= 0.6 is 12.4 Å². The maximum atomic E-state index is 12.7. The summed E-state index contributed by atoms with van der Waals surface area (Å²) >= 11 is 0. The van der Waals surface area contributed by atoms with E-state index >= 15 is 0 Å². The highest BCUT2D eigenvalue weighted by Gasteiger charge is 2.34. The van der Waals surface area contributed by atoms with Crippen molar-refractivity contribution in [1.82, 2.24) is 9.62 Å². The molecule has 1 aliphatic heterocycles. The van der Waals surface area contributed by atoms with Crippen LogP contribution in [0, 0.1) is 13.8 Å². The van der Waals surface area contributed by atoms with Crippen LogP contribution in [0.5, 0.6) is 0 Å². The maximum absolute atomic E-state index is 12.7. The van der Waals surface area contributed by atoms with Gasteiger partial charge in [-0.3, -0.25) is 0 Å². The molecule has 6 heteroatoms. The van der Waals surface area contributed by atoms with E-state index in [1.807, 2.05) is 33.8 Å². The summed E-state index contributed by atoms with van der Waals surface area (Å²) in [6.45, 7) is 9.14. The lowest BCUT2D eigenvalue weighted by Gasteiger charge is -2.37. The molecular weight excluding hydrogens is 296 g/mol. The van der Waals surface area contributed by atoms with E-state index in [4.69, 9.17) is 0 Å². The molecule has 1 heterocycles. The van der Waals surface area contributed by atoms with Crippen molar-refractivity contribution in [2.24, 2.45) is 0 Å². The Morgan fingerprint density at radius 3 is 2.45 bits per heavy atom. The number of benzene rings is 1. The Kier molecular flexibility index (Phi) is 5.61. The van der Waals surface area contributed by atoms with Crippen molar-refractivity contribution in [3.63, 3.8) is 0 Å². The standard InChI is InChI=1S/C14H22N2O2S.ClH/c1-10-5-6-14(9-11(10)2)19(17,18)16-8-7-15-12(3)13(16)4;/h5-6,9,12-13,15H,7-8H2,1-4H3;1H. The summed E-state index contributed by atoms with van der Waals surface area (Å²) in [6, 6.07) is 5.50. The fourth-order valence-corrected chi connectivity index (χ4v) is 4.16. The van der Waals surface area contributed by atoms with E-state index < -0.39 is 10.0 Å². The summed E-state index contributed by atoms with van der Waals surface area (Å²) in [6.07, 6.45) is 0. The number of piperazine rings is 1. The molecule has 0 aliphatic carbocycles. The van der Waals surface area contributed by atoms with Gasteiger partial charge in [0.15, 0.2) is 0 Å². The van der Waals surface area contributed by atoms with E-state index in [2.05, 4.69) is 5.32 Å². The number of nitrogens with one attached hydrogen (secondary N) is 1. The van der Waals surface area contributed by atoms with Gasteiger partial charge in [-0.2, -0.15) is 4.31 Å². The van der Waals surface area contributed by atoms with Gasteiger partial charge in [0.25, 0.3) is 0 Å². The molecule has 0 aromatic heterocycles. The minimum Gasteiger partial charge on any atom is -0.311 e. The van der Waals surface area contributed by atoms with Gasteiger partial charge < -0.3 is 5.32 Å². The molecule has 2 unspecified atom stereocenters. The van der Waals surface area contributed by atoms with Crippen LogP contribution in [0.3, 0.4) is 0 Å². The molecule has 20 heavy (non-hydrogen) atoms. The molecule has 0 spiro atoms. The zero-order valence-electron chi connectivity index (χ0n) is 12.4. The Balaban J connectivity index is 0.00000200. The molecule has 114 valence electrons. The van der Waals surface area contributed by atoms with Crippen molar-refractivity contribution in [1.29, 1.82) is 0 Å². The maximum Gasteiger partial charge on any atom is 0.243 e. The third kappa shape index (κ3) is 3.17. The number of sulfonamides is 1. The Morgan fingerprint density at radius 2 is 1.85 bits per heavy atom. The number of aryl methyl sites for hydroxylation is 2. The highest BCUT2D eigenvalue weighted by atomic mass is 35.5. The second-order valence-electron chi connectivity index (χ2n) is 5.35. The van der Waals surface area contributed by atoms with E-state index in [9.17, 15) is 8.42 Å². The molecule has 1 fully saturated rings. The molecule has 1 aliphatic rings. The van der Waals surface area contributed by atoms with Crippen molar-refractivity contribution in [2.75, 3.05) is 13.1 Å². The Hall–Kier alpha value is -0.620. The third-order valence-corrected chi connectivity index (χ3v) is 6.04. The van der Waals surface area contributed by atoms with Gasteiger partial charge in [-0.25, -0.2) is 8.42 Å². The fraction of sp³-hybridized carbons (Fsp3) is 0.571. The smallest absolute Gasteiger partial charge is 0.243 e. The molecule has 2 rings (SSSR count). The first kappa shape index (κ1) is 17.4. The molecule has 0 saturated carbocycles. The lowest BCUT2D eigenvalue weighted by atomic mass is 10.1. The first-order chi connectivity index (χ1) is 8.84. The van der Waals surface area contributed by atoms with Crippen molar-refractivity contribution in [2.45, 2.75) is 44.7 Å². The second-order valence-corrected chi connectivity index (χ2v) is 7.24. The van der Waals surface area contributed by atoms with Gasteiger partial charge in [-0.1, -0.05) is 6.07 Å². The van der Waals surface area contributed by atoms with E-state index in [0.717, 1.165) is 11.1 Å². The third-order valence-electron chi connectivity index (χ3n) is 4.06. The average molecular weight is 319 g/mol. The normalized spacial score (nSPS) is 24.2. The van der Waals surface area contributed by atoms with Gasteiger partial charge in [0.2, 0.25) is 10.0 Å². The number of hydrogen-bond donors (Lipinski definition) is 1. The summed E-state index contributed by atoms with van der Waals surface area (Å²) in [5.41, 5.74) is 2.12. The first-order valence-electron chi connectivity index (χ1n) is 6.66. The van der Waals surface area contributed by atoms with Crippen LogP contribution in [0.25, 0.3) is 0 Å². The van der Waals surface area contributed by atoms with Crippen molar-refractivity contribution in [3.05, 3.63) is 29.3 Å². The van der Waals surface area contributed by atoms with Gasteiger partial charge >= 0.3 is 0 Å². The number of hydrogen-bond acceptors (Lipinski definition) is 3. The van der Waals surface area contributed by atoms with Crippen molar-refractivity contribution >= 4 is 22.4 Å². The molecule has 1 saturated heterocycles. The van der Waals surface area contributed by atoms with Gasteiger partial charge in [0, 0.05) is 25.2 Å². The highest BCUT2D eigenvalue weighted by molar-refractivity contribution is 7.89. The number of nitrogens with zero attached hydrogens (tertiary/aromatic N) is 1. The zero-order chi connectivity index (χ0) is 14.2.